The van der Waals surface area contributed by atoms with Gasteiger partial charge in [0.2, 0.25) is 0 Å². The summed E-state index contributed by atoms with van der Waals surface area (Å²) >= 11 is 0.660. The molecule has 0 aliphatic carbocycles. The molecule has 6 nitrogen and oxygen atoms in total. The monoisotopic (exact) mass is 309 g/mol. The molecule has 110 valence electrons. The molecule has 1 aromatic rings. The van der Waals surface area contributed by atoms with Gasteiger partial charge in [-0.2, -0.15) is 13.2 Å². The molecular formula is C10H10F3N3O3S. The number of nitrogens with zero attached hydrogens (tertiary/aromatic N) is 1. The Morgan fingerprint density at radius 1 is 1.40 bits per heavy atom. The quantitative estimate of drug-likeness (QED) is 0.839. The first-order valence-electron chi connectivity index (χ1n) is 5.26. The third kappa shape index (κ3) is 5.34. The van der Waals surface area contributed by atoms with Crippen LogP contribution in [-0.4, -0.2) is 23.7 Å². The van der Waals surface area contributed by atoms with Gasteiger partial charge in [-0.05, 0) is 19.1 Å². The van der Waals surface area contributed by atoms with E-state index in [0.717, 1.165) is 12.1 Å². The van der Waals surface area contributed by atoms with Crippen molar-refractivity contribution in [3.63, 3.8) is 0 Å². The fourth-order valence-electron chi connectivity index (χ4n) is 0.992. The first-order chi connectivity index (χ1) is 9.32. The highest BCUT2D eigenvalue weighted by atomic mass is 32.2. The Kier molecular flexibility index (Phi) is 5.62. The highest BCUT2D eigenvalue weighted by Gasteiger charge is 2.30. The number of nitrogens with one attached hydrogen (secondary N) is 2. The third-order valence-corrected chi connectivity index (χ3v) is 2.54. The molecule has 1 rings (SSSR count). The fraction of sp³-hybridized carbons (Fsp3) is 0.300. The summed E-state index contributed by atoms with van der Waals surface area (Å²) in [6.45, 7) is 1.67. The van der Waals surface area contributed by atoms with Gasteiger partial charge in [-0.1, -0.05) is 0 Å². The number of amides is 3. The van der Waals surface area contributed by atoms with E-state index >= 15 is 0 Å². The second kappa shape index (κ2) is 6.98. The Bertz CT molecular complexity index is 479. The van der Waals surface area contributed by atoms with E-state index in [1.54, 1.807) is 6.92 Å². The number of ether oxygens (including phenoxy) is 1. The normalized spacial score (nSPS) is 10.8. The highest BCUT2D eigenvalue weighted by Crippen LogP contribution is 2.29. The third-order valence-electron chi connectivity index (χ3n) is 1.80. The van der Waals surface area contributed by atoms with Crippen molar-refractivity contribution in [1.82, 2.24) is 15.0 Å². The van der Waals surface area contributed by atoms with Crippen LogP contribution in [0.4, 0.5) is 22.8 Å². The Hall–Kier alpha value is -1.97. The van der Waals surface area contributed by atoms with Crippen LogP contribution in [0.15, 0.2) is 23.4 Å². The van der Waals surface area contributed by atoms with E-state index in [9.17, 15) is 22.8 Å². The van der Waals surface area contributed by atoms with Gasteiger partial charge in [-0.25, -0.2) is 19.9 Å². The van der Waals surface area contributed by atoms with E-state index in [1.807, 2.05) is 5.32 Å². The van der Waals surface area contributed by atoms with Gasteiger partial charge in [0.15, 0.2) is 0 Å². The molecule has 0 atom stereocenters. The minimum atomic E-state index is -4.47. The summed E-state index contributed by atoms with van der Waals surface area (Å²) < 4.78 is 43.4. The number of hydrogen-bond donors (Lipinski definition) is 2. The molecular weight excluding hydrogens is 299 g/mol. The van der Waals surface area contributed by atoms with Gasteiger partial charge in [0.1, 0.15) is 5.03 Å². The number of hydrogen-bond acceptors (Lipinski definition) is 5. The Labute approximate surface area is 116 Å². The standard InChI is InChI=1S/C10H10F3N3O3S/c1-2-19-9(18)15-8(17)16-20-7-4-3-6(5-14-7)10(11,12)13/h3-5H,2H2,1H3,(H2,15,16,17,18). The van der Waals surface area contributed by atoms with Crippen LogP contribution >= 0.6 is 11.9 Å². The summed E-state index contributed by atoms with van der Waals surface area (Å²) in [5, 5.41) is 1.98. The molecule has 0 saturated heterocycles. The van der Waals surface area contributed by atoms with Crippen LogP contribution in [0.3, 0.4) is 0 Å². The number of carbonyl (C=O) groups excluding carboxylic acids is 2. The van der Waals surface area contributed by atoms with Crippen LogP contribution in [0.25, 0.3) is 0 Å². The molecule has 1 aromatic heterocycles. The first-order valence-corrected chi connectivity index (χ1v) is 6.08. The van der Waals surface area contributed by atoms with E-state index in [2.05, 4.69) is 14.4 Å². The van der Waals surface area contributed by atoms with Crippen LogP contribution in [-0.2, 0) is 10.9 Å². The maximum absolute atomic E-state index is 12.3. The molecule has 0 aliphatic heterocycles. The maximum atomic E-state index is 12.3. The van der Waals surface area contributed by atoms with E-state index in [4.69, 9.17) is 0 Å². The molecule has 0 spiro atoms. The SMILES string of the molecule is CCOC(=O)NC(=O)NSc1ccc(C(F)(F)F)cn1. The van der Waals surface area contributed by atoms with Gasteiger partial charge in [-0.3, -0.25) is 4.72 Å². The summed E-state index contributed by atoms with van der Waals surface area (Å²) in [6, 6.07) is 1.06. The topological polar surface area (TPSA) is 80.3 Å². The zero-order valence-corrected chi connectivity index (χ0v) is 11.0. The van der Waals surface area contributed by atoms with Crippen LogP contribution in [0.5, 0.6) is 0 Å². The van der Waals surface area contributed by atoms with Crippen LogP contribution in [0, 0.1) is 0 Å². The maximum Gasteiger partial charge on any atom is 0.417 e. The predicted octanol–water partition coefficient (Wildman–Crippen LogP) is 2.56. The number of carbonyl (C=O) groups is 2. The Morgan fingerprint density at radius 2 is 2.10 bits per heavy atom. The Balaban J connectivity index is 2.46. The highest BCUT2D eigenvalue weighted by molar-refractivity contribution is 7.97. The lowest BCUT2D eigenvalue weighted by molar-refractivity contribution is -0.137. The molecule has 2 N–H and O–H groups in total. The molecule has 0 saturated carbocycles. The van der Waals surface area contributed by atoms with Gasteiger partial charge >= 0.3 is 18.3 Å². The van der Waals surface area contributed by atoms with Gasteiger partial charge in [0.25, 0.3) is 0 Å². The lowest BCUT2D eigenvalue weighted by atomic mass is 10.3. The van der Waals surface area contributed by atoms with E-state index < -0.39 is 23.9 Å². The smallest absolute Gasteiger partial charge is 0.417 e. The molecule has 0 unspecified atom stereocenters. The van der Waals surface area contributed by atoms with Crippen molar-refractivity contribution in [3.8, 4) is 0 Å². The lowest BCUT2D eigenvalue weighted by Crippen LogP contribution is -2.36. The average Bonchev–Trinajstić information content (AvgIpc) is 2.36. The van der Waals surface area contributed by atoms with Gasteiger partial charge in [0, 0.05) is 18.1 Å². The minimum Gasteiger partial charge on any atom is -0.450 e. The molecule has 0 bridgehead atoms. The van der Waals surface area contributed by atoms with E-state index in [0.29, 0.717) is 18.1 Å². The summed E-state index contributed by atoms with van der Waals surface area (Å²) in [6.07, 6.45) is -4.75. The lowest BCUT2D eigenvalue weighted by Gasteiger charge is -2.07. The molecule has 3 amide bonds. The second-order valence-electron chi connectivity index (χ2n) is 3.26. The molecule has 1 heterocycles. The summed E-state index contributed by atoms with van der Waals surface area (Å²) in [5.41, 5.74) is -0.891. The number of imide groups is 1. The van der Waals surface area contributed by atoms with Gasteiger partial charge in [0.05, 0.1) is 12.2 Å². The van der Waals surface area contributed by atoms with Crippen molar-refractivity contribution in [2.24, 2.45) is 0 Å². The van der Waals surface area contributed by atoms with Crippen molar-refractivity contribution in [2.45, 2.75) is 18.1 Å². The van der Waals surface area contributed by atoms with Crippen LogP contribution < -0.4 is 10.0 Å². The van der Waals surface area contributed by atoms with Crippen molar-refractivity contribution >= 4 is 24.1 Å². The van der Waals surface area contributed by atoms with Crippen molar-refractivity contribution in [3.05, 3.63) is 23.9 Å². The number of halogens is 3. The molecule has 0 aliphatic rings. The molecule has 20 heavy (non-hydrogen) atoms. The number of urea groups is 1. The van der Waals surface area contributed by atoms with Crippen molar-refractivity contribution in [2.75, 3.05) is 6.61 Å². The first kappa shape index (κ1) is 16.1. The van der Waals surface area contributed by atoms with Crippen LogP contribution in [0.1, 0.15) is 12.5 Å². The second-order valence-corrected chi connectivity index (χ2v) is 4.09. The fourth-order valence-corrected chi connectivity index (χ4v) is 1.48. The predicted molar refractivity (Wildman–Crippen MR) is 63.8 cm³/mol. The molecule has 0 fully saturated rings. The summed E-state index contributed by atoms with van der Waals surface area (Å²) in [7, 11) is 0. The van der Waals surface area contributed by atoms with Crippen molar-refractivity contribution in [1.29, 1.82) is 0 Å². The number of alkyl halides is 3. The van der Waals surface area contributed by atoms with E-state index in [1.165, 1.54) is 0 Å². The van der Waals surface area contributed by atoms with Crippen LogP contribution in [0.2, 0.25) is 0 Å². The minimum absolute atomic E-state index is 0.104. The van der Waals surface area contributed by atoms with Gasteiger partial charge in [-0.15, -0.1) is 0 Å². The van der Waals surface area contributed by atoms with Crippen molar-refractivity contribution < 1.29 is 27.5 Å². The summed E-state index contributed by atoms with van der Waals surface area (Å²) in [4.78, 5) is 25.6. The number of aromatic nitrogens is 1. The zero-order valence-electron chi connectivity index (χ0n) is 10.2. The van der Waals surface area contributed by atoms with E-state index in [-0.39, 0.29) is 11.6 Å². The molecule has 0 radical (unpaired) electrons. The summed E-state index contributed by atoms with van der Waals surface area (Å²) in [5.74, 6) is 0. The largest absolute Gasteiger partial charge is 0.450 e. The van der Waals surface area contributed by atoms with Gasteiger partial charge < -0.3 is 4.74 Å². The average molecular weight is 309 g/mol. The number of rotatable bonds is 3. The number of pyridine rings is 1. The Morgan fingerprint density at radius 3 is 2.60 bits per heavy atom. The number of alkyl carbamates (subject to hydrolysis) is 1. The molecule has 0 aromatic carbocycles. The zero-order chi connectivity index (χ0) is 15.2. The molecule has 10 heteroatoms.